The van der Waals surface area contributed by atoms with Gasteiger partial charge in [-0.2, -0.15) is 0 Å². The molecule has 0 bridgehead atoms. The molecule has 1 atom stereocenters. The SMILES string of the molecule is CNC(Cc1cccc(Cl)c1Cl)c1cc(Br)cc(Br)c1. The zero-order chi connectivity index (χ0) is 14.7. The lowest BCUT2D eigenvalue weighted by atomic mass is 9.99. The predicted molar refractivity (Wildman–Crippen MR) is 93.8 cm³/mol. The molecule has 0 heterocycles. The van der Waals surface area contributed by atoms with Crippen LogP contribution >= 0.6 is 55.1 Å². The minimum absolute atomic E-state index is 0.166. The van der Waals surface area contributed by atoms with Crippen LogP contribution in [0.4, 0.5) is 0 Å². The van der Waals surface area contributed by atoms with Crippen molar-refractivity contribution in [3.05, 3.63) is 66.5 Å². The summed E-state index contributed by atoms with van der Waals surface area (Å²) in [7, 11) is 1.94. The zero-order valence-electron chi connectivity index (χ0n) is 10.8. The molecule has 5 heteroatoms. The molecule has 0 amide bonds. The third-order valence-electron chi connectivity index (χ3n) is 3.09. The molecule has 0 aromatic heterocycles. The van der Waals surface area contributed by atoms with E-state index in [0.29, 0.717) is 10.0 Å². The van der Waals surface area contributed by atoms with Crippen LogP contribution in [0.5, 0.6) is 0 Å². The Kier molecular flexibility index (Phi) is 5.94. The average molecular weight is 438 g/mol. The molecule has 2 aromatic rings. The van der Waals surface area contributed by atoms with E-state index >= 15 is 0 Å². The van der Waals surface area contributed by atoms with Gasteiger partial charge in [-0.15, -0.1) is 0 Å². The highest BCUT2D eigenvalue weighted by atomic mass is 79.9. The lowest BCUT2D eigenvalue weighted by Crippen LogP contribution is -2.19. The molecule has 0 radical (unpaired) electrons. The van der Waals surface area contributed by atoms with E-state index in [9.17, 15) is 0 Å². The number of benzene rings is 2. The standard InChI is InChI=1S/C15H13Br2Cl2N/c1-20-14(10-5-11(16)8-12(17)6-10)7-9-3-2-4-13(18)15(9)19/h2-6,8,14,20H,7H2,1H3. The number of halogens is 4. The third kappa shape index (κ3) is 3.99. The van der Waals surface area contributed by atoms with Gasteiger partial charge >= 0.3 is 0 Å². The fourth-order valence-electron chi connectivity index (χ4n) is 2.09. The summed E-state index contributed by atoms with van der Waals surface area (Å²) in [6, 6.07) is 12.1. The first-order valence-electron chi connectivity index (χ1n) is 6.07. The van der Waals surface area contributed by atoms with Crippen LogP contribution in [0, 0.1) is 0 Å². The van der Waals surface area contributed by atoms with Crippen LogP contribution < -0.4 is 5.32 Å². The molecule has 0 saturated carbocycles. The second-order valence-corrected chi connectivity index (χ2v) is 7.08. The van der Waals surface area contributed by atoms with Crippen LogP contribution in [-0.2, 0) is 6.42 Å². The Morgan fingerprint density at radius 1 is 1.10 bits per heavy atom. The molecule has 1 N–H and O–H groups in total. The van der Waals surface area contributed by atoms with Gasteiger partial charge in [-0.3, -0.25) is 0 Å². The average Bonchev–Trinajstić information content (AvgIpc) is 2.39. The Morgan fingerprint density at radius 3 is 2.35 bits per heavy atom. The fourth-order valence-corrected chi connectivity index (χ4v) is 3.82. The molecule has 0 aliphatic heterocycles. The van der Waals surface area contributed by atoms with Crippen LogP contribution in [0.1, 0.15) is 17.2 Å². The first-order chi connectivity index (χ1) is 9.51. The van der Waals surface area contributed by atoms with Crippen molar-refractivity contribution in [3.63, 3.8) is 0 Å². The minimum atomic E-state index is 0.166. The highest BCUT2D eigenvalue weighted by Crippen LogP contribution is 2.31. The van der Waals surface area contributed by atoms with E-state index in [2.05, 4.69) is 49.3 Å². The number of hydrogen-bond acceptors (Lipinski definition) is 1. The van der Waals surface area contributed by atoms with Gasteiger partial charge < -0.3 is 5.32 Å². The van der Waals surface area contributed by atoms with Gasteiger partial charge in [0.2, 0.25) is 0 Å². The maximum Gasteiger partial charge on any atom is 0.0624 e. The summed E-state index contributed by atoms with van der Waals surface area (Å²) in [6.07, 6.45) is 0.777. The van der Waals surface area contributed by atoms with Gasteiger partial charge in [0.25, 0.3) is 0 Å². The van der Waals surface area contributed by atoms with Gasteiger partial charge in [-0.05, 0) is 48.9 Å². The summed E-state index contributed by atoms with van der Waals surface area (Å²) in [4.78, 5) is 0. The van der Waals surface area contributed by atoms with Crippen molar-refractivity contribution in [2.24, 2.45) is 0 Å². The molecule has 1 unspecified atom stereocenters. The molecule has 0 aliphatic rings. The lowest BCUT2D eigenvalue weighted by Gasteiger charge is -2.18. The number of nitrogens with one attached hydrogen (secondary N) is 1. The Hall–Kier alpha value is -0.0600. The number of rotatable bonds is 4. The minimum Gasteiger partial charge on any atom is -0.313 e. The number of likely N-dealkylation sites (N-methyl/N-ethyl adjacent to an activating group) is 1. The molecule has 0 aliphatic carbocycles. The van der Waals surface area contributed by atoms with Gasteiger partial charge in [-0.1, -0.05) is 67.2 Å². The van der Waals surface area contributed by atoms with E-state index in [1.165, 1.54) is 5.56 Å². The molecular weight excluding hydrogens is 425 g/mol. The second-order valence-electron chi connectivity index (χ2n) is 4.46. The van der Waals surface area contributed by atoms with Crippen LogP contribution in [0.15, 0.2) is 45.3 Å². The van der Waals surface area contributed by atoms with Crippen molar-refractivity contribution in [3.8, 4) is 0 Å². The van der Waals surface area contributed by atoms with Crippen LogP contribution in [0.2, 0.25) is 10.0 Å². The highest BCUT2D eigenvalue weighted by molar-refractivity contribution is 9.11. The van der Waals surface area contributed by atoms with E-state index in [1.807, 2.05) is 25.2 Å². The number of hydrogen-bond donors (Lipinski definition) is 1. The molecular formula is C15H13Br2Cl2N. The Labute approximate surface area is 145 Å². The topological polar surface area (TPSA) is 12.0 Å². The Balaban J connectivity index is 2.31. The van der Waals surface area contributed by atoms with E-state index in [4.69, 9.17) is 23.2 Å². The lowest BCUT2D eigenvalue weighted by molar-refractivity contribution is 0.591. The van der Waals surface area contributed by atoms with Gasteiger partial charge in [0.15, 0.2) is 0 Å². The quantitative estimate of drug-likeness (QED) is 0.616. The molecule has 20 heavy (non-hydrogen) atoms. The summed E-state index contributed by atoms with van der Waals surface area (Å²) >= 11 is 19.4. The summed E-state index contributed by atoms with van der Waals surface area (Å²) in [5.41, 5.74) is 2.22. The Morgan fingerprint density at radius 2 is 1.75 bits per heavy atom. The van der Waals surface area contributed by atoms with E-state index in [-0.39, 0.29) is 6.04 Å². The van der Waals surface area contributed by atoms with Crippen LogP contribution in [0.3, 0.4) is 0 Å². The molecule has 0 saturated heterocycles. The zero-order valence-corrected chi connectivity index (χ0v) is 15.4. The Bertz CT molecular complexity index is 597. The first-order valence-corrected chi connectivity index (χ1v) is 8.41. The van der Waals surface area contributed by atoms with Crippen molar-refractivity contribution in [2.75, 3.05) is 7.05 Å². The highest BCUT2D eigenvalue weighted by Gasteiger charge is 2.14. The molecule has 0 spiro atoms. The van der Waals surface area contributed by atoms with Crippen molar-refractivity contribution >= 4 is 55.1 Å². The first kappa shape index (κ1) is 16.3. The van der Waals surface area contributed by atoms with Crippen molar-refractivity contribution < 1.29 is 0 Å². The van der Waals surface area contributed by atoms with Crippen LogP contribution in [0.25, 0.3) is 0 Å². The van der Waals surface area contributed by atoms with Crippen molar-refractivity contribution in [1.29, 1.82) is 0 Å². The van der Waals surface area contributed by atoms with Crippen LogP contribution in [-0.4, -0.2) is 7.05 Å². The molecule has 2 aromatic carbocycles. The monoisotopic (exact) mass is 435 g/mol. The molecule has 2 rings (SSSR count). The summed E-state index contributed by atoms with van der Waals surface area (Å²) in [5.74, 6) is 0. The summed E-state index contributed by atoms with van der Waals surface area (Å²) in [5, 5.41) is 4.54. The molecule has 0 fully saturated rings. The normalized spacial score (nSPS) is 12.4. The van der Waals surface area contributed by atoms with Gasteiger partial charge in [0.05, 0.1) is 10.0 Å². The molecule has 106 valence electrons. The fraction of sp³-hybridized carbons (Fsp3) is 0.200. The molecule has 1 nitrogen and oxygen atoms in total. The summed E-state index contributed by atoms with van der Waals surface area (Å²) in [6.45, 7) is 0. The third-order valence-corrected chi connectivity index (χ3v) is 4.87. The van der Waals surface area contributed by atoms with Crippen molar-refractivity contribution in [1.82, 2.24) is 5.32 Å². The van der Waals surface area contributed by atoms with Gasteiger partial charge in [0.1, 0.15) is 0 Å². The smallest absolute Gasteiger partial charge is 0.0624 e. The maximum absolute atomic E-state index is 6.27. The maximum atomic E-state index is 6.27. The van der Waals surface area contributed by atoms with Gasteiger partial charge in [-0.25, -0.2) is 0 Å². The second kappa shape index (κ2) is 7.28. The largest absolute Gasteiger partial charge is 0.313 e. The summed E-state index contributed by atoms with van der Waals surface area (Å²) < 4.78 is 2.08. The predicted octanol–water partition coefficient (Wildman–Crippen LogP) is 6.02. The van der Waals surface area contributed by atoms with E-state index in [0.717, 1.165) is 20.9 Å². The van der Waals surface area contributed by atoms with E-state index in [1.54, 1.807) is 6.07 Å². The van der Waals surface area contributed by atoms with Crippen molar-refractivity contribution in [2.45, 2.75) is 12.5 Å². The van der Waals surface area contributed by atoms with E-state index < -0.39 is 0 Å². The van der Waals surface area contributed by atoms with Gasteiger partial charge in [0, 0.05) is 15.0 Å².